The van der Waals surface area contributed by atoms with Crippen molar-refractivity contribution in [1.82, 2.24) is 4.90 Å². The van der Waals surface area contributed by atoms with E-state index in [1.54, 1.807) is 6.20 Å². The second-order valence-electron chi connectivity index (χ2n) is 2.98. The zero-order valence-corrected chi connectivity index (χ0v) is 6.96. The molecule has 0 saturated heterocycles. The van der Waals surface area contributed by atoms with E-state index in [0.717, 1.165) is 5.57 Å². The molecule has 0 aromatic heterocycles. The number of rotatable bonds is 1. The SMILES string of the molecule is [2H]C([2H])([2H])N1C=CC(C(C)C)=CC1=C. The zero-order chi connectivity index (χ0) is 10.9. The van der Waals surface area contributed by atoms with Crippen LogP contribution in [0.1, 0.15) is 18.0 Å². The molecule has 1 aliphatic rings. The van der Waals surface area contributed by atoms with E-state index >= 15 is 0 Å². The van der Waals surface area contributed by atoms with E-state index in [2.05, 4.69) is 20.4 Å². The standard InChI is InChI=1S/C10H15N/c1-8(2)10-5-6-11(4)9(3)7-10/h5-8H,3H2,1-2,4H3/i4D3. The molecule has 1 heteroatoms. The third-order valence-electron chi connectivity index (χ3n) is 1.73. The molecule has 0 N–H and O–H groups in total. The quantitative estimate of drug-likeness (QED) is 0.558. The number of hydrogen-bond donors (Lipinski definition) is 0. The highest BCUT2D eigenvalue weighted by atomic mass is 15.1. The molecule has 0 radical (unpaired) electrons. The van der Waals surface area contributed by atoms with E-state index < -0.39 is 6.98 Å². The molecule has 1 rings (SSSR count). The van der Waals surface area contributed by atoms with Gasteiger partial charge in [0.25, 0.3) is 0 Å². The van der Waals surface area contributed by atoms with Crippen LogP contribution in [0.25, 0.3) is 0 Å². The van der Waals surface area contributed by atoms with Crippen LogP contribution in [0.3, 0.4) is 0 Å². The Morgan fingerprint density at radius 1 is 1.64 bits per heavy atom. The fraction of sp³-hybridized carbons (Fsp3) is 0.400. The molecular formula is C10H15N. The first kappa shape index (κ1) is 4.81. The Balaban J connectivity index is 2.87. The van der Waals surface area contributed by atoms with Gasteiger partial charge in [0.2, 0.25) is 0 Å². The summed E-state index contributed by atoms with van der Waals surface area (Å²) >= 11 is 0. The lowest BCUT2D eigenvalue weighted by Gasteiger charge is -2.21. The van der Waals surface area contributed by atoms with E-state index in [0.29, 0.717) is 11.6 Å². The summed E-state index contributed by atoms with van der Waals surface area (Å²) in [6, 6.07) is 0. The Bertz CT molecular complexity index is 297. The Morgan fingerprint density at radius 3 is 2.82 bits per heavy atom. The first-order valence-electron chi connectivity index (χ1n) is 5.20. The molecule has 0 unspecified atom stereocenters. The van der Waals surface area contributed by atoms with Crippen LogP contribution >= 0.6 is 0 Å². The van der Waals surface area contributed by atoms with Crippen LogP contribution < -0.4 is 0 Å². The minimum Gasteiger partial charge on any atom is -0.352 e. The normalized spacial score (nSPS) is 22.8. The fourth-order valence-corrected chi connectivity index (χ4v) is 0.925. The summed E-state index contributed by atoms with van der Waals surface area (Å²) in [5.41, 5.74) is 1.63. The van der Waals surface area contributed by atoms with Crippen molar-refractivity contribution in [2.75, 3.05) is 6.98 Å². The van der Waals surface area contributed by atoms with Gasteiger partial charge in [0.15, 0.2) is 0 Å². The average Bonchev–Trinajstić information content (AvgIpc) is 2.01. The third-order valence-corrected chi connectivity index (χ3v) is 1.73. The molecule has 0 atom stereocenters. The predicted octanol–water partition coefficient (Wildman–Crippen LogP) is 2.54. The van der Waals surface area contributed by atoms with Crippen molar-refractivity contribution in [3.05, 3.63) is 36.2 Å². The monoisotopic (exact) mass is 152 g/mol. The van der Waals surface area contributed by atoms with Crippen LogP contribution in [-0.2, 0) is 0 Å². The van der Waals surface area contributed by atoms with Crippen LogP contribution in [-0.4, -0.2) is 11.9 Å². The van der Waals surface area contributed by atoms with Crippen molar-refractivity contribution in [3.8, 4) is 0 Å². The number of hydrogen-bond acceptors (Lipinski definition) is 1. The van der Waals surface area contributed by atoms with Gasteiger partial charge in [-0.25, -0.2) is 0 Å². The third kappa shape index (κ3) is 1.73. The van der Waals surface area contributed by atoms with E-state index in [1.807, 2.05) is 12.2 Å². The van der Waals surface area contributed by atoms with Crippen molar-refractivity contribution >= 4 is 0 Å². The lowest BCUT2D eigenvalue weighted by atomic mass is 10.0. The van der Waals surface area contributed by atoms with E-state index in [9.17, 15) is 0 Å². The van der Waals surface area contributed by atoms with Gasteiger partial charge >= 0.3 is 0 Å². The van der Waals surface area contributed by atoms with Crippen molar-refractivity contribution in [2.24, 2.45) is 5.92 Å². The van der Waals surface area contributed by atoms with Crippen LogP contribution in [0, 0.1) is 5.92 Å². The van der Waals surface area contributed by atoms with Gasteiger partial charge in [-0.2, -0.15) is 0 Å². The van der Waals surface area contributed by atoms with Gasteiger partial charge in [-0.15, -0.1) is 0 Å². The second kappa shape index (κ2) is 2.95. The Kier molecular flexibility index (Phi) is 1.29. The molecule has 1 heterocycles. The fourth-order valence-electron chi connectivity index (χ4n) is 0.925. The summed E-state index contributed by atoms with van der Waals surface area (Å²) < 4.78 is 21.7. The highest BCUT2D eigenvalue weighted by Crippen LogP contribution is 2.19. The first-order chi connectivity index (χ1) is 6.32. The molecule has 0 saturated carbocycles. The molecule has 1 nitrogen and oxygen atoms in total. The lowest BCUT2D eigenvalue weighted by molar-refractivity contribution is 0.577. The minimum atomic E-state index is -2.13. The summed E-state index contributed by atoms with van der Waals surface area (Å²) in [4.78, 5) is 1.21. The van der Waals surface area contributed by atoms with Crippen LogP contribution in [0.4, 0.5) is 0 Å². The molecule has 0 aromatic carbocycles. The van der Waals surface area contributed by atoms with Gasteiger partial charge < -0.3 is 4.90 Å². The lowest BCUT2D eigenvalue weighted by Crippen LogP contribution is -2.12. The molecule has 60 valence electrons. The maximum atomic E-state index is 7.25. The number of likely N-dealkylation sites (N-methyl/N-ethyl adjacent to an activating group) is 1. The molecule has 0 amide bonds. The van der Waals surface area contributed by atoms with Crippen molar-refractivity contribution < 1.29 is 4.11 Å². The molecule has 0 aromatic rings. The van der Waals surface area contributed by atoms with Crippen molar-refractivity contribution in [1.29, 1.82) is 0 Å². The van der Waals surface area contributed by atoms with Gasteiger partial charge in [-0.05, 0) is 23.6 Å². The largest absolute Gasteiger partial charge is 0.352 e. The van der Waals surface area contributed by atoms with Gasteiger partial charge in [-0.1, -0.05) is 20.4 Å². The van der Waals surface area contributed by atoms with E-state index in [1.165, 1.54) is 4.90 Å². The second-order valence-corrected chi connectivity index (χ2v) is 2.98. The number of allylic oxidation sites excluding steroid dienone is 3. The topological polar surface area (TPSA) is 3.24 Å². The summed E-state index contributed by atoms with van der Waals surface area (Å²) in [6.07, 6.45) is 5.22. The Hall–Kier alpha value is -0.980. The highest BCUT2D eigenvalue weighted by Gasteiger charge is 2.06. The van der Waals surface area contributed by atoms with Gasteiger partial charge in [0.05, 0.1) is 0 Å². The van der Waals surface area contributed by atoms with Gasteiger partial charge in [0.1, 0.15) is 0 Å². The van der Waals surface area contributed by atoms with Crippen LogP contribution in [0.2, 0.25) is 0 Å². The molecular weight excluding hydrogens is 134 g/mol. The summed E-state index contributed by atoms with van der Waals surface area (Å²) in [5, 5.41) is 0. The Morgan fingerprint density at radius 2 is 2.36 bits per heavy atom. The molecule has 0 bridgehead atoms. The Labute approximate surface area is 72.9 Å². The maximum absolute atomic E-state index is 7.25. The molecule has 0 aliphatic carbocycles. The predicted molar refractivity (Wildman–Crippen MR) is 49.0 cm³/mol. The average molecular weight is 152 g/mol. The minimum absolute atomic E-state index is 0.391. The summed E-state index contributed by atoms with van der Waals surface area (Å²) in [5.74, 6) is 0.391. The van der Waals surface area contributed by atoms with Crippen molar-refractivity contribution in [2.45, 2.75) is 13.8 Å². The highest BCUT2D eigenvalue weighted by molar-refractivity contribution is 5.34. The zero-order valence-electron chi connectivity index (χ0n) is 9.96. The first-order valence-corrected chi connectivity index (χ1v) is 3.70. The smallest absolute Gasteiger partial charge is 0.0460 e. The molecule has 11 heavy (non-hydrogen) atoms. The van der Waals surface area contributed by atoms with Crippen LogP contribution in [0.15, 0.2) is 36.2 Å². The van der Waals surface area contributed by atoms with E-state index in [4.69, 9.17) is 4.11 Å². The summed E-state index contributed by atoms with van der Waals surface area (Å²) in [7, 11) is 0. The van der Waals surface area contributed by atoms with Gasteiger partial charge in [-0.3, -0.25) is 0 Å². The number of nitrogens with zero attached hydrogens (tertiary/aromatic N) is 1. The maximum Gasteiger partial charge on any atom is 0.0460 e. The van der Waals surface area contributed by atoms with Crippen molar-refractivity contribution in [3.63, 3.8) is 0 Å². The summed E-state index contributed by atoms with van der Waals surface area (Å²) in [6.45, 7) is 5.73. The van der Waals surface area contributed by atoms with Gasteiger partial charge in [0, 0.05) is 23.0 Å². The van der Waals surface area contributed by atoms with Crippen LogP contribution in [0.5, 0.6) is 0 Å². The molecule has 0 spiro atoms. The molecule has 0 fully saturated rings. The molecule has 1 aliphatic heterocycles. The van der Waals surface area contributed by atoms with E-state index in [-0.39, 0.29) is 0 Å².